The maximum atomic E-state index is 12.6. The SMILES string of the molecule is O=C(NCC#CCOc1ccc2c(c1)OCO2)Nc1cccc(C(F)(F)F)c1. The van der Waals surface area contributed by atoms with Crippen LogP contribution in [0, 0.1) is 11.8 Å². The van der Waals surface area contributed by atoms with Crippen LogP contribution in [0.25, 0.3) is 0 Å². The van der Waals surface area contributed by atoms with Crippen molar-refractivity contribution in [2.24, 2.45) is 0 Å². The van der Waals surface area contributed by atoms with Crippen molar-refractivity contribution in [3.63, 3.8) is 0 Å². The van der Waals surface area contributed by atoms with Gasteiger partial charge in [-0.1, -0.05) is 17.9 Å². The van der Waals surface area contributed by atoms with E-state index >= 15 is 0 Å². The van der Waals surface area contributed by atoms with Crippen molar-refractivity contribution in [1.82, 2.24) is 5.32 Å². The summed E-state index contributed by atoms with van der Waals surface area (Å²) in [5, 5.41) is 4.75. The number of carbonyl (C=O) groups is 1. The van der Waals surface area contributed by atoms with Crippen LogP contribution in [0.1, 0.15) is 5.56 Å². The molecule has 0 radical (unpaired) electrons. The molecule has 0 saturated heterocycles. The second-order valence-electron chi connectivity index (χ2n) is 5.54. The number of anilines is 1. The number of urea groups is 1. The first-order chi connectivity index (χ1) is 13.4. The van der Waals surface area contributed by atoms with E-state index in [0.717, 1.165) is 12.1 Å². The Kier molecular flexibility index (Phi) is 5.79. The van der Waals surface area contributed by atoms with Crippen LogP contribution in [0.5, 0.6) is 17.2 Å². The summed E-state index contributed by atoms with van der Waals surface area (Å²) in [6.07, 6.45) is -4.47. The second kappa shape index (κ2) is 8.43. The molecule has 1 aliphatic rings. The molecule has 0 atom stereocenters. The molecule has 2 N–H and O–H groups in total. The molecule has 0 saturated carbocycles. The Morgan fingerprint density at radius 1 is 1.11 bits per heavy atom. The highest BCUT2D eigenvalue weighted by Crippen LogP contribution is 2.35. The molecule has 0 spiro atoms. The van der Waals surface area contributed by atoms with Crippen molar-refractivity contribution in [2.45, 2.75) is 6.18 Å². The fraction of sp³-hybridized carbons (Fsp3) is 0.211. The zero-order chi connectivity index (χ0) is 20.0. The molecule has 0 bridgehead atoms. The molecular weight excluding hydrogens is 377 g/mol. The maximum absolute atomic E-state index is 12.6. The molecule has 2 aromatic carbocycles. The molecule has 1 aliphatic heterocycles. The van der Waals surface area contributed by atoms with E-state index in [4.69, 9.17) is 14.2 Å². The van der Waals surface area contributed by atoms with E-state index in [1.54, 1.807) is 18.2 Å². The first-order valence-electron chi connectivity index (χ1n) is 8.12. The maximum Gasteiger partial charge on any atom is 0.416 e. The van der Waals surface area contributed by atoms with Crippen molar-refractivity contribution < 1.29 is 32.2 Å². The van der Waals surface area contributed by atoms with E-state index in [-0.39, 0.29) is 25.6 Å². The van der Waals surface area contributed by atoms with E-state index < -0.39 is 17.8 Å². The van der Waals surface area contributed by atoms with Gasteiger partial charge in [0.05, 0.1) is 12.1 Å². The van der Waals surface area contributed by atoms with Gasteiger partial charge < -0.3 is 24.8 Å². The Hall–Kier alpha value is -3.54. The minimum Gasteiger partial charge on any atom is -0.481 e. The first kappa shape index (κ1) is 19.2. The highest BCUT2D eigenvalue weighted by atomic mass is 19.4. The standard InChI is InChI=1S/C19H15F3N2O4/c20-19(21,22)13-4-3-5-14(10-13)24-18(25)23-8-1-2-9-26-15-6-7-16-17(11-15)28-12-27-16/h3-7,10-11H,8-9,12H2,(H2,23,24,25). The van der Waals surface area contributed by atoms with Crippen LogP contribution in [0.4, 0.5) is 23.7 Å². The van der Waals surface area contributed by atoms with Gasteiger partial charge in [0.1, 0.15) is 12.4 Å². The van der Waals surface area contributed by atoms with Gasteiger partial charge in [-0.15, -0.1) is 0 Å². The van der Waals surface area contributed by atoms with E-state index in [9.17, 15) is 18.0 Å². The topological polar surface area (TPSA) is 68.8 Å². The number of nitrogens with one attached hydrogen (secondary N) is 2. The summed E-state index contributed by atoms with van der Waals surface area (Å²) in [5.74, 6) is 7.20. The van der Waals surface area contributed by atoms with Crippen LogP contribution in [-0.4, -0.2) is 26.0 Å². The Bertz CT molecular complexity index is 919. The molecule has 6 nitrogen and oxygen atoms in total. The molecule has 0 aromatic heterocycles. The average Bonchev–Trinajstić information content (AvgIpc) is 3.12. The molecule has 0 aliphatic carbocycles. The van der Waals surface area contributed by atoms with Crippen molar-refractivity contribution in [1.29, 1.82) is 0 Å². The Balaban J connectivity index is 1.40. The van der Waals surface area contributed by atoms with Gasteiger partial charge in [0, 0.05) is 11.8 Å². The molecule has 2 aromatic rings. The largest absolute Gasteiger partial charge is 0.481 e. The highest BCUT2D eigenvalue weighted by Gasteiger charge is 2.30. The lowest BCUT2D eigenvalue weighted by atomic mass is 10.2. The summed E-state index contributed by atoms with van der Waals surface area (Å²) in [7, 11) is 0. The Morgan fingerprint density at radius 2 is 1.93 bits per heavy atom. The highest BCUT2D eigenvalue weighted by molar-refractivity contribution is 5.89. The lowest BCUT2D eigenvalue weighted by molar-refractivity contribution is -0.137. The lowest BCUT2D eigenvalue weighted by Crippen LogP contribution is -2.29. The molecule has 146 valence electrons. The summed E-state index contributed by atoms with van der Waals surface area (Å²) in [4.78, 5) is 11.7. The van der Waals surface area contributed by atoms with E-state index in [0.29, 0.717) is 17.2 Å². The van der Waals surface area contributed by atoms with Crippen LogP contribution in [0.2, 0.25) is 0 Å². The zero-order valence-electron chi connectivity index (χ0n) is 14.4. The number of ether oxygens (including phenoxy) is 3. The molecule has 9 heteroatoms. The smallest absolute Gasteiger partial charge is 0.416 e. The van der Waals surface area contributed by atoms with Gasteiger partial charge in [-0.2, -0.15) is 13.2 Å². The Labute approximate surface area is 158 Å². The molecule has 1 heterocycles. The van der Waals surface area contributed by atoms with Gasteiger partial charge in [-0.05, 0) is 30.3 Å². The number of rotatable bonds is 4. The summed E-state index contributed by atoms with van der Waals surface area (Å²) < 4.78 is 53.8. The molecule has 0 unspecified atom stereocenters. The molecule has 3 rings (SSSR count). The number of fused-ring (bicyclic) bond motifs is 1. The van der Waals surface area contributed by atoms with Crippen LogP contribution >= 0.6 is 0 Å². The Morgan fingerprint density at radius 3 is 2.75 bits per heavy atom. The van der Waals surface area contributed by atoms with Gasteiger partial charge in [-0.25, -0.2) is 4.79 Å². The number of hydrogen-bond donors (Lipinski definition) is 2. The second-order valence-corrected chi connectivity index (χ2v) is 5.54. The van der Waals surface area contributed by atoms with E-state index in [2.05, 4.69) is 22.5 Å². The predicted molar refractivity (Wildman–Crippen MR) is 94.3 cm³/mol. The zero-order valence-corrected chi connectivity index (χ0v) is 14.4. The summed E-state index contributed by atoms with van der Waals surface area (Å²) in [6.45, 7) is 0.276. The monoisotopic (exact) mass is 392 g/mol. The summed E-state index contributed by atoms with van der Waals surface area (Å²) >= 11 is 0. The normalized spacial score (nSPS) is 12.0. The third kappa shape index (κ3) is 5.23. The van der Waals surface area contributed by atoms with Crippen LogP contribution < -0.4 is 24.8 Å². The third-order valence-corrected chi connectivity index (χ3v) is 3.57. The van der Waals surface area contributed by atoms with Gasteiger partial charge in [0.25, 0.3) is 0 Å². The fourth-order valence-electron chi connectivity index (χ4n) is 2.27. The van der Waals surface area contributed by atoms with Gasteiger partial charge in [0.15, 0.2) is 11.5 Å². The molecular formula is C19H15F3N2O4. The predicted octanol–water partition coefficient (Wildman–Crippen LogP) is 3.64. The van der Waals surface area contributed by atoms with Crippen LogP contribution in [0.3, 0.4) is 0 Å². The number of amides is 2. The van der Waals surface area contributed by atoms with Gasteiger partial charge in [-0.3, -0.25) is 0 Å². The molecule has 0 fully saturated rings. The van der Waals surface area contributed by atoms with Crippen LogP contribution in [-0.2, 0) is 6.18 Å². The summed E-state index contributed by atoms with van der Waals surface area (Å²) in [5.41, 5.74) is -0.808. The van der Waals surface area contributed by atoms with Crippen LogP contribution in [0.15, 0.2) is 42.5 Å². The molecule has 28 heavy (non-hydrogen) atoms. The third-order valence-electron chi connectivity index (χ3n) is 3.57. The first-order valence-corrected chi connectivity index (χ1v) is 8.12. The number of carbonyl (C=O) groups excluding carboxylic acids is 1. The molecule has 2 amide bonds. The van der Waals surface area contributed by atoms with E-state index in [1.165, 1.54) is 12.1 Å². The van der Waals surface area contributed by atoms with Gasteiger partial charge in [0.2, 0.25) is 6.79 Å². The summed E-state index contributed by atoms with van der Waals surface area (Å²) in [6, 6.07) is 8.82. The van der Waals surface area contributed by atoms with Crippen molar-refractivity contribution in [2.75, 3.05) is 25.3 Å². The number of hydrogen-bond acceptors (Lipinski definition) is 4. The average molecular weight is 392 g/mol. The van der Waals surface area contributed by atoms with Gasteiger partial charge >= 0.3 is 12.2 Å². The number of halogens is 3. The van der Waals surface area contributed by atoms with Crippen molar-refractivity contribution >= 4 is 11.7 Å². The quantitative estimate of drug-likeness (QED) is 0.780. The lowest BCUT2D eigenvalue weighted by Gasteiger charge is -2.09. The van der Waals surface area contributed by atoms with Crippen molar-refractivity contribution in [3.05, 3.63) is 48.0 Å². The minimum atomic E-state index is -4.47. The fourth-order valence-corrected chi connectivity index (χ4v) is 2.27. The van der Waals surface area contributed by atoms with E-state index in [1.807, 2.05) is 0 Å². The van der Waals surface area contributed by atoms with Crippen molar-refractivity contribution in [3.8, 4) is 29.1 Å². The number of alkyl halides is 3. The minimum absolute atomic E-state index is 0.00922. The number of benzene rings is 2.